The highest BCUT2D eigenvalue weighted by molar-refractivity contribution is 5.37. The molecule has 0 unspecified atom stereocenters. The number of halogens is 1. The molecule has 1 aromatic rings. The fourth-order valence-electron chi connectivity index (χ4n) is 1.88. The number of hydrogen-bond donors (Lipinski definition) is 1. The molecule has 0 bridgehead atoms. The quantitative estimate of drug-likeness (QED) is 0.837. The van der Waals surface area contributed by atoms with E-state index in [2.05, 4.69) is 0 Å². The van der Waals surface area contributed by atoms with Crippen LogP contribution in [-0.2, 0) is 0 Å². The van der Waals surface area contributed by atoms with Gasteiger partial charge in [-0.25, -0.2) is 4.39 Å². The molecule has 0 heterocycles. The van der Waals surface area contributed by atoms with E-state index < -0.39 is 17.0 Å². The van der Waals surface area contributed by atoms with E-state index in [-0.39, 0.29) is 11.9 Å². The van der Waals surface area contributed by atoms with Crippen LogP contribution in [0.1, 0.15) is 25.7 Å². The molecule has 3 nitrogen and oxygen atoms in total. The lowest BCUT2D eigenvalue weighted by atomic mass is 10.3. The fraction of sp³-hybridized carbons (Fsp3) is 0.417. The minimum absolute atomic E-state index is 0.0239. The highest BCUT2D eigenvalue weighted by Crippen LogP contribution is 2.27. The summed E-state index contributed by atoms with van der Waals surface area (Å²) in [6.45, 7) is 0. The first-order chi connectivity index (χ1) is 7.68. The van der Waals surface area contributed by atoms with Crippen LogP contribution in [0.4, 0.5) is 4.39 Å². The number of aromatic hydroxyl groups is 1. The maximum atomic E-state index is 13.0. The van der Waals surface area contributed by atoms with Crippen molar-refractivity contribution < 1.29 is 14.2 Å². The second-order valence-electron chi connectivity index (χ2n) is 3.94. The summed E-state index contributed by atoms with van der Waals surface area (Å²) in [6.07, 6.45) is 4.02. The maximum Gasteiger partial charge on any atom is 0.259 e. The van der Waals surface area contributed by atoms with Crippen molar-refractivity contribution in [3.05, 3.63) is 34.2 Å². The van der Waals surface area contributed by atoms with Crippen LogP contribution >= 0.6 is 0 Å². The van der Waals surface area contributed by atoms with E-state index in [1.165, 1.54) is 12.1 Å². The van der Waals surface area contributed by atoms with Crippen LogP contribution in [0.25, 0.3) is 0 Å². The largest absolute Gasteiger partial charge is 0.501 e. The standard InChI is InChI=1S/C12H13FO3/c13-9-6-3-7-10(12(15)11(9)14)16-8-4-1-2-5-8/h3,6-8H,1-2,4-5H2,(H,14,15). The molecule has 0 saturated heterocycles. The summed E-state index contributed by atoms with van der Waals surface area (Å²) in [6, 6.07) is 3.79. The molecule has 4 heteroatoms. The Morgan fingerprint density at radius 3 is 2.69 bits per heavy atom. The number of hydrogen-bond acceptors (Lipinski definition) is 3. The molecule has 0 radical (unpaired) electrons. The number of ether oxygens (including phenoxy) is 1. The zero-order valence-electron chi connectivity index (χ0n) is 8.78. The molecular weight excluding hydrogens is 211 g/mol. The highest BCUT2D eigenvalue weighted by Gasteiger charge is 2.18. The zero-order chi connectivity index (χ0) is 11.5. The van der Waals surface area contributed by atoms with E-state index >= 15 is 0 Å². The predicted molar refractivity (Wildman–Crippen MR) is 57.2 cm³/mol. The molecule has 1 fully saturated rings. The third kappa shape index (κ3) is 2.15. The normalized spacial score (nSPS) is 16.3. The van der Waals surface area contributed by atoms with Crippen LogP contribution in [0.15, 0.2) is 23.0 Å². The lowest BCUT2D eigenvalue weighted by molar-refractivity contribution is 0.201. The van der Waals surface area contributed by atoms with Gasteiger partial charge in [0.15, 0.2) is 11.6 Å². The first-order valence-electron chi connectivity index (χ1n) is 5.37. The van der Waals surface area contributed by atoms with E-state index in [1.54, 1.807) is 0 Å². The van der Waals surface area contributed by atoms with Crippen LogP contribution in [-0.4, -0.2) is 11.2 Å². The van der Waals surface area contributed by atoms with Crippen LogP contribution in [0.5, 0.6) is 11.5 Å². The SMILES string of the molecule is O=c1c(F)cccc(OC2CCCC2)c1O. The number of rotatable bonds is 2. The summed E-state index contributed by atoms with van der Waals surface area (Å²) in [5.74, 6) is -1.55. The van der Waals surface area contributed by atoms with Gasteiger partial charge in [0.05, 0.1) is 6.10 Å². The minimum atomic E-state index is -1.02. The van der Waals surface area contributed by atoms with Gasteiger partial charge in [-0.05, 0) is 37.8 Å². The lowest BCUT2D eigenvalue weighted by Gasteiger charge is -2.12. The third-order valence-electron chi connectivity index (χ3n) is 2.75. The van der Waals surface area contributed by atoms with Crippen LogP contribution < -0.4 is 10.2 Å². The Hall–Kier alpha value is -1.58. The van der Waals surface area contributed by atoms with Gasteiger partial charge in [-0.2, -0.15) is 0 Å². The van der Waals surface area contributed by atoms with Crippen LogP contribution in [0.2, 0.25) is 0 Å². The Morgan fingerprint density at radius 1 is 1.31 bits per heavy atom. The molecule has 0 amide bonds. The van der Waals surface area contributed by atoms with Crippen molar-refractivity contribution in [2.24, 2.45) is 0 Å². The summed E-state index contributed by atoms with van der Waals surface area (Å²) in [4.78, 5) is 11.3. The molecule has 0 aliphatic heterocycles. The predicted octanol–water partition coefficient (Wildman–Crippen LogP) is 2.21. The van der Waals surface area contributed by atoms with Crippen molar-refractivity contribution in [1.29, 1.82) is 0 Å². The summed E-state index contributed by atoms with van der Waals surface area (Å²) in [5.41, 5.74) is -1.02. The van der Waals surface area contributed by atoms with Gasteiger partial charge in [0.2, 0.25) is 5.75 Å². The van der Waals surface area contributed by atoms with Crippen molar-refractivity contribution in [1.82, 2.24) is 0 Å². The van der Waals surface area contributed by atoms with E-state index in [9.17, 15) is 14.3 Å². The maximum absolute atomic E-state index is 13.0. The summed E-state index contributed by atoms with van der Waals surface area (Å²) >= 11 is 0. The van der Waals surface area contributed by atoms with Crippen molar-refractivity contribution in [2.45, 2.75) is 31.8 Å². The Labute approximate surface area is 92.5 Å². The summed E-state index contributed by atoms with van der Waals surface area (Å²) in [5, 5.41) is 9.52. The smallest absolute Gasteiger partial charge is 0.259 e. The Bertz CT molecular complexity index is 439. The molecule has 0 aromatic heterocycles. The molecule has 0 spiro atoms. The highest BCUT2D eigenvalue weighted by atomic mass is 19.1. The van der Waals surface area contributed by atoms with Gasteiger partial charge in [0.25, 0.3) is 5.43 Å². The Morgan fingerprint density at radius 2 is 2.00 bits per heavy atom. The molecule has 1 aromatic carbocycles. The first-order valence-corrected chi connectivity index (χ1v) is 5.37. The van der Waals surface area contributed by atoms with Crippen molar-refractivity contribution >= 4 is 0 Å². The molecule has 86 valence electrons. The molecule has 1 saturated carbocycles. The van der Waals surface area contributed by atoms with Gasteiger partial charge >= 0.3 is 0 Å². The van der Waals surface area contributed by atoms with Gasteiger partial charge in [-0.15, -0.1) is 0 Å². The summed E-state index contributed by atoms with van der Waals surface area (Å²) in [7, 11) is 0. The molecule has 2 rings (SSSR count). The topological polar surface area (TPSA) is 46.5 Å². The molecule has 0 atom stereocenters. The average molecular weight is 224 g/mol. The third-order valence-corrected chi connectivity index (χ3v) is 2.75. The second-order valence-corrected chi connectivity index (χ2v) is 3.94. The molecule has 1 aliphatic rings. The van der Waals surface area contributed by atoms with Gasteiger partial charge in [-0.1, -0.05) is 6.07 Å². The molecule has 1 N–H and O–H groups in total. The van der Waals surface area contributed by atoms with Crippen LogP contribution in [0.3, 0.4) is 0 Å². The first kappa shape index (κ1) is 10.9. The monoisotopic (exact) mass is 224 g/mol. The molecule has 1 aliphatic carbocycles. The lowest BCUT2D eigenvalue weighted by Crippen LogP contribution is -2.12. The summed E-state index contributed by atoms with van der Waals surface area (Å²) < 4.78 is 18.5. The van der Waals surface area contributed by atoms with E-state index in [4.69, 9.17) is 4.74 Å². The molecule has 16 heavy (non-hydrogen) atoms. The Kier molecular flexibility index (Phi) is 3.08. The van der Waals surface area contributed by atoms with Gasteiger partial charge in [-0.3, -0.25) is 4.79 Å². The molecular formula is C12H13FO3. The average Bonchev–Trinajstić information content (AvgIpc) is 2.74. The van der Waals surface area contributed by atoms with E-state index in [0.29, 0.717) is 0 Å². The second kappa shape index (κ2) is 4.51. The van der Waals surface area contributed by atoms with Crippen molar-refractivity contribution in [3.8, 4) is 11.5 Å². The van der Waals surface area contributed by atoms with Crippen LogP contribution in [0, 0.1) is 5.82 Å². The van der Waals surface area contributed by atoms with E-state index in [0.717, 1.165) is 31.7 Å². The Balaban J connectivity index is 2.31. The zero-order valence-corrected chi connectivity index (χ0v) is 8.78. The minimum Gasteiger partial charge on any atom is -0.501 e. The fourth-order valence-corrected chi connectivity index (χ4v) is 1.88. The van der Waals surface area contributed by atoms with Gasteiger partial charge in [0.1, 0.15) is 0 Å². The van der Waals surface area contributed by atoms with Gasteiger partial charge in [0, 0.05) is 0 Å². The van der Waals surface area contributed by atoms with E-state index in [1.807, 2.05) is 0 Å². The van der Waals surface area contributed by atoms with Crippen molar-refractivity contribution in [2.75, 3.05) is 0 Å². The van der Waals surface area contributed by atoms with Gasteiger partial charge < -0.3 is 9.84 Å². The van der Waals surface area contributed by atoms with Crippen molar-refractivity contribution in [3.63, 3.8) is 0 Å².